The van der Waals surface area contributed by atoms with Gasteiger partial charge in [-0.2, -0.15) is 0 Å². The second-order valence-corrected chi connectivity index (χ2v) is 7.26. The minimum atomic E-state index is 0. The van der Waals surface area contributed by atoms with Crippen molar-refractivity contribution in [2.24, 2.45) is 17.5 Å². The zero-order valence-electron chi connectivity index (χ0n) is 18.1. The molecule has 2 unspecified atom stereocenters. The second kappa shape index (κ2) is 11.9. The summed E-state index contributed by atoms with van der Waals surface area (Å²) in [4.78, 5) is 4.76. The van der Waals surface area contributed by atoms with Crippen molar-refractivity contribution in [3.63, 3.8) is 0 Å². The van der Waals surface area contributed by atoms with Gasteiger partial charge in [-0.15, -0.1) is 34.2 Å². The van der Waals surface area contributed by atoms with Crippen LogP contribution in [0.1, 0.15) is 51.2 Å². The van der Waals surface area contributed by atoms with E-state index in [9.17, 15) is 0 Å². The van der Waals surface area contributed by atoms with Gasteiger partial charge in [0, 0.05) is 45.9 Å². The van der Waals surface area contributed by atoms with E-state index in [2.05, 4.69) is 34.7 Å². The Morgan fingerprint density at radius 1 is 1.29 bits per heavy atom. The molecule has 0 aromatic carbocycles. The smallest absolute Gasteiger partial charge is 0.191 e. The Hall–Kier alpha value is -0.940. The zero-order chi connectivity index (χ0) is 19.9. The predicted octanol–water partition coefficient (Wildman–Crippen LogP) is 2.41. The van der Waals surface area contributed by atoms with E-state index < -0.39 is 0 Å². The van der Waals surface area contributed by atoms with Gasteiger partial charge in [-0.3, -0.25) is 0 Å². The molecule has 8 nitrogen and oxygen atoms in total. The highest BCUT2D eigenvalue weighted by Gasteiger charge is 2.53. The Bertz CT molecular complexity index is 618. The Balaban J connectivity index is 0.00000392. The Morgan fingerprint density at radius 2 is 2.00 bits per heavy atom. The van der Waals surface area contributed by atoms with Crippen molar-refractivity contribution in [2.75, 3.05) is 27.4 Å². The fourth-order valence-corrected chi connectivity index (χ4v) is 3.96. The molecular formula is C19H37IN6O2. The van der Waals surface area contributed by atoms with Crippen LogP contribution in [0, 0.1) is 12.3 Å². The van der Waals surface area contributed by atoms with Crippen LogP contribution in [0.15, 0.2) is 4.99 Å². The standard InChI is InChI=1S/C19H36N6O2.HI/c1-7-19(8-2)15(12-16(19)27-6)22-18(20-10-9-11-26-5)21-13-17-24-23-14(3)25(17)4;/h15-16H,7-13H2,1-6H3,(H2,20,21,22);1H. The highest BCUT2D eigenvalue weighted by Crippen LogP contribution is 2.48. The van der Waals surface area contributed by atoms with Crippen molar-refractivity contribution in [1.82, 2.24) is 25.4 Å². The van der Waals surface area contributed by atoms with Crippen LogP contribution < -0.4 is 10.6 Å². The van der Waals surface area contributed by atoms with E-state index in [1.807, 2.05) is 25.6 Å². The van der Waals surface area contributed by atoms with Gasteiger partial charge in [-0.05, 0) is 32.6 Å². The molecule has 0 spiro atoms. The third-order valence-corrected chi connectivity index (χ3v) is 6.08. The molecule has 1 fully saturated rings. The van der Waals surface area contributed by atoms with Gasteiger partial charge in [0.15, 0.2) is 11.8 Å². The number of nitrogens with zero attached hydrogens (tertiary/aromatic N) is 4. The fraction of sp³-hybridized carbons (Fsp3) is 0.842. The number of methoxy groups -OCH3 is 2. The second-order valence-electron chi connectivity index (χ2n) is 7.26. The summed E-state index contributed by atoms with van der Waals surface area (Å²) in [6, 6.07) is 0.354. The molecule has 1 aliphatic rings. The van der Waals surface area contributed by atoms with Crippen LogP contribution in [0.25, 0.3) is 0 Å². The summed E-state index contributed by atoms with van der Waals surface area (Å²) in [6.45, 7) is 8.46. The molecule has 2 N–H and O–H groups in total. The first-order valence-corrected chi connectivity index (χ1v) is 9.93. The average Bonchev–Trinajstić information content (AvgIpc) is 2.98. The molecular weight excluding hydrogens is 471 g/mol. The number of hydrogen-bond acceptors (Lipinski definition) is 5. The van der Waals surface area contributed by atoms with Crippen LogP contribution in [-0.2, 0) is 23.1 Å². The van der Waals surface area contributed by atoms with Crippen LogP contribution in [0.3, 0.4) is 0 Å². The SMILES string of the molecule is CCC1(CC)C(NC(=NCc2nnc(C)n2C)NCCCOC)CC1OC.I. The number of hydrogen-bond donors (Lipinski definition) is 2. The van der Waals surface area contributed by atoms with Gasteiger partial charge in [-0.25, -0.2) is 4.99 Å². The third kappa shape index (κ3) is 5.56. The van der Waals surface area contributed by atoms with Crippen molar-refractivity contribution in [2.45, 2.75) is 65.1 Å². The molecule has 0 aliphatic heterocycles. The lowest BCUT2D eigenvalue weighted by molar-refractivity contribution is -0.118. The first-order chi connectivity index (χ1) is 13.0. The molecule has 2 rings (SSSR count). The lowest BCUT2D eigenvalue weighted by Crippen LogP contribution is -2.65. The topological polar surface area (TPSA) is 85.6 Å². The number of halogens is 1. The molecule has 1 saturated carbocycles. The average molecular weight is 508 g/mol. The normalized spacial score (nSPS) is 21.0. The maximum Gasteiger partial charge on any atom is 0.191 e. The van der Waals surface area contributed by atoms with Crippen LogP contribution in [0.2, 0.25) is 0 Å². The number of aryl methyl sites for hydroxylation is 1. The molecule has 2 atom stereocenters. The highest BCUT2D eigenvalue weighted by atomic mass is 127. The first-order valence-electron chi connectivity index (χ1n) is 9.93. The van der Waals surface area contributed by atoms with E-state index >= 15 is 0 Å². The van der Waals surface area contributed by atoms with Crippen molar-refractivity contribution >= 4 is 29.9 Å². The summed E-state index contributed by atoms with van der Waals surface area (Å²) in [7, 11) is 5.50. The minimum absolute atomic E-state index is 0. The number of rotatable bonds is 10. The molecule has 1 heterocycles. The van der Waals surface area contributed by atoms with Crippen LogP contribution in [0.4, 0.5) is 0 Å². The predicted molar refractivity (Wildman–Crippen MR) is 122 cm³/mol. The van der Waals surface area contributed by atoms with E-state index in [0.29, 0.717) is 18.7 Å². The molecule has 28 heavy (non-hydrogen) atoms. The van der Waals surface area contributed by atoms with Crippen molar-refractivity contribution in [1.29, 1.82) is 0 Å². The quantitative estimate of drug-likeness (QED) is 0.219. The number of nitrogens with one attached hydrogen (secondary N) is 2. The van der Waals surface area contributed by atoms with Gasteiger partial charge in [-0.1, -0.05) is 13.8 Å². The summed E-state index contributed by atoms with van der Waals surface area (Å²) >= 11 is 0. The lowest BCUT2D eigenvalue weighted by Gasteiger charge is -2.55. The number of aliphatic imine (C=N–C) groups is 1. The van der Waals surface area contributed by atoms with Gasteiger partial charge in [0.1, 0.15) is 12.4 Å². The molecule has 0 radical (unpaired) electrons. The maximum absolute atomic E-state index is 5.72. The molecule has 162 valence electrons. The van der Waals surface area contributed by atoms with Crippen LogP contribution in [-0.4, -0.2) is 60.2 Å². The number of guanidine groups is 1. The van der Waals surface area contributed by atoms with E-state index in [1.54, 1.807) is 7.11 Å². The lowest BCUT2D eigenvalue weighted by atomic mass is 9.58. The molecule has 9 heteroatoms. The summed E-state index contributed by atoms with van der Waals surface area (Å²) in [6.07, 6.45) is 4.40. The Morgan fingerprint density at radius 3 is 2.54 bits per heavy atom. The molecule has 0 amide bonds. The summed E-state index contributed by atoms with van der Waals surface area (Å²) in [5.41, 5.74) is 0.158. The minimum Gasteiger partial charge on any atom is -0.385 e. The fourth-order valence-electron chi connectivity index (χ4n) is 3.96. The number of ether oxygens (including phenoxy) is 2. The van der Waals surface area contributed by atoms with E-state index in [0.717, 1.165) is 56.4 Å². The van der Waals surface area contributed by atoms with E-state index in [4.69, 9.17) is 14.5 Å². The van der Waals surface area contributed by atoms with Gasteiger partial charge < -0.3 is 24.7 Å². The molecule has 0 saturated heterocycles. The monoisotopic (exact) mass is 508 g/mol. The summed E-state index contributed by atoms with van der Waals surface area (Å²) < 4.78 is 12.8. The number of aromatic nitrogens is 3. The highest BCUT2D eigenvalue weighted by molar-refractivity contribution is 14.0. The molecule has 1 aromatic heterocycles. The van der Waals surface area contributed by atoms with Gasteiger partial charge in [0.2, 0.25) is 0 Å². The van der Waals surface area contributed by atoms with Crippen LogP contribution in [0.5, 0.6) is 0 Å². The van der Waals surface area contributed by atoms with E-state index in [-0.39, 0.29) is 29.4 Å². The summed E-state index contributed by atoms with van der Waals surface area (Å²) in [5, 5.41) is 15.4. The largest absolute Gasteiger partial charge is 0.385 e. The van der Waals surface area contributed by atoms with Gasteiger partial charge in [0.25, 0.3) is 0 Å². The third-order valence-electron chi connectivity index (χ3n) is 6.08. The van der Waals surface area contributed by atoms with Crippen LogP contribution >= 0.6 is 24.0 Å². The first kappa shape index (κ1) is 25.1. The molecule has 0 bridgehead atoms. The Kier molecular flexibility index (Phi) is 10.7. The molecule has 1 aromatic rings. The van der Waals surface area contributed by atoms with Crippen molar-refractivity contribution in [3.8, 4) is 0 Å². The maximum atomic E-state index is 5.72. The van der Waals surface area contributed by atoms with E-state index in [1.165, 1.54) is 0 Å². The summed E-state index contributed by atoms with van der Waals surface area (Å²) in [5.74, 6) is 2.56. The van der Waals surface area contributed by atoms with Crippen molar-refractivity contribution < 1.29 is 9.47 Å². The van der Waals surface area contributed by atoms with Crippen molar-refractivity contribution in [3.05, 3.63) is 11.6 Å². The molecule has 1 aliphatic carbocycles. The zero-order valence-corrected chi connectivity index (χ0v) is 20.4. The Labute approximate surface area is 186 Å². The van der Waals surface area contributed by atoms with Gasteiger partial charge >= 0.3 is 0 Å². The van der Waals surface area contributed by atoms with Gasteiger partial charge in [0.05, 0.1) is 6.10 Å².